The minimum atomic E-state index is -0.0639. The summed E-state index contributed by atoms with van der Waals surface area (Å²) in [5.74, 6) is 0.0242. The van der Waals surface area contributed by atoms with Crippen molar-refractivity contribution in [3.8, 4) is 0 Å². The number of nitrogens with zero attached hydrogens (tertiary/aromatic N) is 3. The van der Waals surface area contributed by atoms with Gasteiger partial charge in [-0.2, -0.15) is 5.10 Å². The molecular weight excluding hydrogens is 218 g/mol. The molecule has 2 rings (SSSR count). The predicted molar refractivity (Wildman–Crippen MR) is 63.2 cm³/mol. The van der Waals surface area contributed by atoms with E-state index in [-0.39, 0.29) is 11.9 Å². The summed E-state index contributed by atoms with van der Waals surface area (Å²) in [6, 6.07) is 0. The smallest absolute Gasteiger partial charge is 0.308 e. The number of aryl methyl sites for hydroxylation is 1. The van der Waals surface area contributed by atoms with Crippen LogP contribution in [0.25, 0.3) is 0 Å². The van der Waals surface area contributed by atoms with Gasteiger partial charge in [-0.3, -0.25) is 14.4 Å². The van der Waals surface area contributed by atoms with E-state index in [0.717, 1.165) is 32.5 Å². The number of carbonyl (C=O) groups is 1. The molecule has 0 atom stereocenters. The molecule has 94 valence electrons. The van der Waals surface area contributed by atoms with Crippen molar-refractivity contribution in [2.45, 2.75) is 19.4 Å². The average Bonchev–Trinajstić information content (AvgIpc) is 2.75. The second kappa shape index (κ2) is 5.31. The fourth-order valence-electron chi connectivity index (χ4n) is 2.31. The molecule has 0 radical (unpaired) electrons. The van der Waals surface area contributed by atoms with Gasteiger partial charge in [-0.05, 0) is 25.9 Å². The zero-order chi connectivity index (χ0) is 12.3. The average molecular weight is 237 g/mol. The second-order valence-corrected chi connectivity index (χ2v) is 4.60. The van der Waals surface area contributed by atoms with Gasteiger partial charge in [-0.15, -0.1) is 0 Å². The summed E-state index contributed by atoms with van der Waals surface area (Å²) in [5, 5.41) is 4.15. The third-order valence-electron chi connectivity index (χ3n) is 3.29. The molecule has 0 saturated carbocycles. The minimum Gasteiger partial charge on any atom is -0.469 e. The molecule has 0 bridgehead atoms. The number of rotatable bonds is 3. The first-order chi connectivity index (χ1) is 8.19. The lowest BCUT2D eigenvalue weighted by Gasteiger charge is -2.30. The number of carbonyl (C=O) groups excluding carboxylic acids is 1. The van der Waals surface area contributed by atoms with E-state index in [1.807, 2.05) is 24.1 Å². The van der Waals surface area contributed by atoms with Crippen LogP contribution in [0.2, 0.25) is 0 Å². The minimum absolute atomic E-state index is 0.0639. The quantitative estimate of drug-likeness (QED) is 0.730. The molecule has 5 nitrogen and oxygen atoms in total. The van der Waals surface area contributed by atoms with Crippen LogP contribution in [-0.2, 0) is 23.1 Å². The van der Waals surface area contributed by atoms with Gasteiger partial charge in [0, 0.05) is 25.4 Å². The van der Waals surface area contributed by atoms with E-state index >= 15 is 0 Å². The Balaban J connectivity index is 1.81. The van der Waals surface area contributed by atoms with Crippen molar-refractivity contribution in [1.82, 2.24) is 14.7 Å². The zero-order valence-corrected chi connectivity index (χ0v) is 10.4. The lowest BCUT2D eigenvalue weighted by Crippen LogP contribution is -2.36. The summed E-state index contributed by atoms with van der Waals surface area (Å²) < 4.78 is 6.59. The highest BCUT2D eigenvalue weighted by Crippen LogP contribution is 2.19. The highest BCUT2D eigenvalue weighted by molar-refractivity contribution is 5.72. The number of likely N-dealkylation sites (tertiary alicyclic amines) is 1. The molecule has 1 fully saturated rings. The molecule has 5 heteroatoms. The fraction of sp³-hybridized carbons (Fsp3) is 0.667. The first kappa shape index (κ1) is 12.1. The number of aromatic nitrogens is 2. The van der Waals surface area contributed by atoms with E-state index in [0.29, 0.717) is 0 Å². The van der Waals surface area contributed by atoms with Gasteiger partial charge in [0.1, 0.15) is 0 Å². The topological polar surface area (TPSA) is 47.4 Å². The zero-order valence-electron chi connectivity index (χ0n) is 10.4. The van der Waals surface area contributed by atoms with Gasteiger partial charge in [0.2, 0.25) is 0 Å². The SMILES string of the molecule is COC(=O)C1CCN(Cc2cnn(C)c2)CC1. The number of hydrogen-bond donors (Lipinski definition) is 0. The lowest BCUT2D eigenvalue weighted by atomic mass is 9.97. The maximum absolute atomic E-state index is 11.4. The fourth-order valence-corrected chi connectivity index (χ4v) is 2.31. The van der Waals surface area contributed by atoms with Gasteiger partial charge < -0.3 is 4.74 Å². The van der Waals surface area contributed by atoms with Crippen molar-refractivity contribution in [2.24, 2.45) is 13.0 Å². The van der Waals surface area contributed by atoms with Crippen LogP contribution < -0.4 is 0 Å². The van der Waals surface area contributed by atoms with Crippen molar-refractivity contribution < 1.29 is 9.53 Å². The van der Waals surface area contributed by atoms with Crippen LogP contribution in [0.3, 0.4) is 0 Å². The first-order valence-electron chi connectivity index (χ1n) is 5.96. The van der Waals surface area contributed by atoms with Gasteiger partial charge in [-0.1, -0.05) is 0 Å². The summed E-state index contributed by atoms with van der Waals surface area (Å²) in [6.45, 7) is 2.82. The Morgan fingerprint density at radius 2 is 2.24 bits per heavy atom. The van der Waals surface area contributed by atoms with Crippen molar-refractivity contribution >= 4 is 5.97 Å². The van der Waals surface area contributed by atoms with Gasteiger partial charge in [-0.25, -0.2) is 0 Å². The molecule has 1 aromatic rings. The first-order valence-corrected chi connectivity index (χ1v) is 5.96. The largest absolute Gasteiger partial charge is 0.469 e. The van der Waals surface area contributed by atoms with Crippen molar-refractivity contribution in [1.29, 1.82) is 0 Å². The molecule has 0 N–H and O–H groups in total. The van der Waals surface area contributed by atoms with Gasteiger partial charge in [0.25, 0.3) is 0 Å². The van der Waals surface area contributed by atoms with Crippen LogP contribution in [0, 0.1) is 5.92 Å². The third kappa shape index (κ3) is 3.06. The van der Waals surface area contributed by atoms with Gasteiger partial charge >= 0.3 is 5.97 Å². The second-order valence-electron chi connectivity index (χ2n) is 4.60. The van der Waals surface area contributed by atoms with Crippen molar-refractivity contribution in [3.05, 3.63) is 18.0 Å². The normalized spacial score (nSPS) is 18.2. The Morgan fingerprint density at radius 1 is 1.53 bits per heavy atom. The summed E-state index contributed by atoms with van der Waals surface area (Å²) in [6.07, 6.45) is 5.72. The van der Waals surface area contributed by atoms with E-state index < -0.39 is 0 Å². The molecule has 1 aliphatic rings. The highest BCUT2D eigenvalue weighted by atomic mass is 16.5. The number of hydrogen-bond acceptors (Lipinski definition) is 4. The van der Waals surface area contributed by atoms with E-state index in [4.69, 9.17) is 4.74 Å². The third-order valence-corrected chi connectivity index (χ3v) is 3.29. The molecule has 0 aliphatic carbocycles. The Kier molecular flexibility index (Phi) is 3.78. The van der Waals surface area contributed by atoms with Crippen LogP contribution in [0.1, 0.15) is 18.4 Å². The maximum atomic E-state index is 11.4. The van der Waals surface area contributed by atoms with Crippen LogP contribution in [0.5, 0.6) is 0 Å². The number of ether oxygens (including phenoxy) is 1. The number of piperidine rings is 1. The molecule has 0 spiro atoms. The van der Waals surface area contributed by atoms with Crippen LogP contribution in [0.15, 0.2) is 12.4 Å². The van der Waals surface area contributed by atoms with E-state index in [2.05, 4.69) is 10.00 Å². The summed E-state index contributed by atoms with van der Waals surface area (Å²) in [5.41, 5.74) is 1.23. The standard InChI is InChI=1S/C12H19N3O2/c1-14-8-10(7-13-14)9-15-5-3-11(4-6-15)12(16)17-2/h7-8,11H,3-6,9H2,1-2H3. The van der Waals surface area contributed by atoms with Crippen LogP contribution >= 0.6 is 0 Å². The van der Waals surface area contributed by atoms with Crippen molar-refractivity contribution in [3.63, 3.8) is 0 Å². The molecule has 17 heavy (non-hydrogen) atoms. The molecule has 1 saturated heterocycles. The van der Waals surface area contributed by atoms with E-state index in [9.17, 15) is 4.79 Å². The molecule has 0 amide bonds. The Hall–Kier alpha value is -1.36. The van der Waals surface area contributed by atoms with E-state index in [1.165, 1.54) is 12.7 Å². The van der Waals surface area contributed by atoms with Crippen LogP contribution in [-0.4, -0.2) is 40.8 Å². The molecule has 0 unspecified atom stereocenters. The number of methoxy groups -OCH3 is 1. The Labute approximate surface area is 101 Å². The molecular formula is C12H19N3O2. The maximum Gasteiger partial charge on any atom is 0.308 e. The van der Waals surface area contributed by atoms with Gasteiger partial charge in [0.15, 0.2) is 0 Å². The Bertz CT molecular complexity index is 381. The molecule has 1 aromatic heterocycles. The summed E-state index contributed by atoms with van der Waals surface area (Å²) in [4.78, 5) is 13.7. The monoisotopic (exact) mass is 237 g/mol. The van der Waals surface area contributed by atoms with Crippen LogP contribution in [0.4, 0.5) is 0 Å². The molecule has 2 heterocycles. The van der Waals surface area contributed by atoms with E-state index in [1.54, 1.807) is 0 Å². The molecule has 0 aromatic carbocycles. The summed E-state index contributed by atoms with van der Waals surface area (Å²) >= 11 is 0. The van der Waals surface area contributed by atoms with Crippen molar-refractivity contribution in [2.75, 3.05) is 20.2 Å². The lowest BCUT2D eigenvalue weighted by molar-refractivity contribution is -0.147. The molecule has 1 aliphatic heterocycles. The Morgan fingerprint density at radius 3 is 2.76 bits per heavy atom. The summed E-state index contributed by atoms with van der Waals surface area (Å²) in [7, 11) is 3.39. The van der Waals surface area contributed by atoms with Gasteiger partial charge in [0.05, 0.1) is 19.2 Å². The highest BCUT2D eigenvalue weighted by Gasteiger charge is 2.25. The number of esters is 1. The predicted octanol–water partition coefficient (Wildman–Crippen LogP) is 0.805.